The highest BCUT2D eigenvalue weighted by Gasteiger charge is 2.34. The van der Waals surface area contributed by atoms with E-state index in [0.29, 0.717) is 0 Å². The lowest BCUT2D eigenvalue weighted by molar-refractivity contribution is -0.0952. The molecule has 2 aromatic rings. The van der Waals surface area contributed by atoms with Crippen molar-refractivity contribution in [2.24, 2.45) is 5.41 Å². The Morgan fingerprint density at radius 1 is 1.33 bits per heavy atom. The van der Waals surface area contributed by atoms with Crippen LogP contribution in [0, 0.1) is 12.3 Å². The number of anilines is 1. The van der Waals surface area contributed by atoms with E-state index in [1.165, 1.54) is 0 Å². The summed E-state index contributed by atoms with van der Waals surface area (Å²) in [4.78, 5) is 15.5. The molecular weight excluding hydrogens is 264 g/mol. The van der Waals surface area contributed by atoms with Gasteiger partial charge in [0.25, 0.3) is 0 Å². The Morgan fingerprint density at radius 2 is 2.14 bits per heavy atom. The maximum atomic E-state index is 5.32. The molecule has 0 bridgehead atoms. The second-order valence-electron chi connectivity index (χ2n) is 6.09. The first kappa shape index (κ1) is 13.9. The number of aromatic nitrogens is 3. The van der Waals surface area contributed by atoms with E-state index < -0.39 is 0 Å². The monoisotopic (exact) mass is 284 g/mol. The summed E-state index contributed by atoms with van der Waals surface area (Å²) in [6.45, 7) is 6.79. The quantitative estimate of drug-likeness (QED) is 0.862. The topological polar surface area (TPSA) is 51.1 Å². The highest BCUT2D eigenvalue weighted by atomic mass is 16.5. The zero-order valence-corrected chi connectivity index (χ0v) is 12.7. The standard InChI is InChI=1S/C16H20N4O/c1-12-7-14(20(3)9-16(2)10-21-11-16)19-15(18-12)13-5-4-6-17-8-13/h4-8H,9-11H2,1-3H3. The minimum absolute atomic E-state index is 0.224. The van der Waals surface area contributed by atoms with Crippen molar-refractivity contribution < 1.29 is 4.74 Å². The molecule has 5 nitrogen and oxygen atoms in total. The molecule has 0 radical (unpaired) electrons. The molecule has 1 aliphatic rings. The predicted octanol–water partition coefficient (Wildman–Crippen LogP) is 2.32. The van der Waals surface area contributed by atoms with E-state index in [1.807, 2.05) is 25.1 Å². The Bertz CT molecular complexity index is 625. The molecule has 0 atom stereocenters. The van der Waals surface area contributed by atoms with Gasteiger partial charge in [-0.15, -0.1) is 0 Å². The van der Waals surface area contributed by atoms with Crippen molar-refractivity contribution in [3.05, 3.63) is 36.3 Å². The molecule has 0 aromatic carbocycles. The molecule has 0 aliphatic carbocycles. The number of aryl methyl sites for hydroxylation is 1. The number of nitrogens with zero attached hydrogens (tertiary/aromatic N) is 4. The van der Waals surface area contributed by atoms with E-state index in [2.05, 4.69) is 33.8 Å². The van der Waals surface area contributed by atoms with E-state index in [0.717, 1.165) is 42.7 Å². The van der Waals surface area contributed by atoms with Gasteiger partial charge in [0, 0.05) is 48.7 Å². The summed E-state index contributed by atoms with van der Waals surface area (Å²) in [5, 5.41) is 0. The minimum atomic E-state index is 0.224. The molecule has 0 N–H and O–H groups in total. The first-order valence-electron chi connectivity index (χ1n) is 7.11. The molecule has 0 saturated carbocycles. The molecule has 5 heteroatoms. The first-order valence-corrected chi connectivity index (χ1v) is 7.11. The Hall–Kier alpha value is -2.01. The normalized spacial score (nSPS) is 16.3. The van der Waals surface area contributed by atoms with Gasteiger partial charge in [0.05, 0.1) is 13.2 Å². The van der Waals surface area contributed by atoms with Crippen LogP contribution in [0.25, 0.3) is 11.4 Å². The van der Waals surface area contributed by atoms with Crippen LogP contribution in [0.2, 0.25) is 0 Å². The van der Waals surface area contributed by atoms with Gasteiger partial charge in [0.15, 0.2) is 5.82 Å². The van der Waals surface area contributed by atoms with Crippen molar-refractivity contribution in [3.63, 3.8) is 0 Å². The van der Waals surface area contributed by atoms with Gasteiger partial charge in [0.1, 0.15) is 5.82 Å². The van der Waals surface area contributed by atoms with Crippen LogP contribution in [-0.4, -0.2) is 41.8 Å². The summed E-state index contributed by atoms with van der Waals surface area (Å²) >= 11 is 0. The Kier molecular flexibility index (Phi) is 3.59. The van der Waals surface area contributed by atoms with Gasteiger partial charge in [0.2, 0.25) is 0 Å². The van der Waals surface area contributed by atoms with Crippen LogP contribution >= 0.6 is 0 Å². The van der Waals surface area contributed by atoms with E-state index >= 15 is 0 Å². The lowest BCUT2D eigenvalue weighted by atomic mass is 9.88. The number of rotatable bonds is 4. The summed E-state index contributed by atoms with van der Waals surface area (Å²) in [6.07, 6.45) is 3.55. The summed E-state index contributed by atoms with van der Waals surface area (Å²) in [6, 6.07) is 5.90. The molecule has 1 aliphatic heterocycles. The van der Waals surface area contributed by atoms with Crippen molar-refractivity contribution in [1.29, 1.82) is 0 Å². The van der Waals surface area contributed by atoms with Crippen molar-refractivity contribution >= 4 is 5.82 Å². The maximum absolute atomic E-state index is 5.32. The van der Waals surface area contributed by atoms with Crippen molar-refractivity contribution in [2.75, 3.05) is 31.7 Å². The molecule has 1 saturated heterocycles. The maximum Gasteiger partial charge on any atom is 0.163 e. The zero-order chi connectivity index (χ0) is 14.9. The summed E-state index contributed by atoms with van der Waals surface area (Å²) in [5.74, 6) is 1.66. The van der Waals surface area contributed by atoms with Gasteiger partial charge < -0.3 is 9.64 Å². The van der Waals surface area contributed by atoms with Gasteiger partial charge in [-0.1, -0.05) is 6.92 Å². The van der Waals surface area contributed by atoms with Crippen LogP contribution in [0.4, 0.5) is 5.82 Å². The summed E-state index contributed by atoms with van der Waals surface area (Å²) in [7, 11) is 2.07. The Balaban J connectivity index is 1.87. The molecule has 0 unspecified atom stereocenters. The summed E-state index contributed by atoms with van der Waals surface area (Å²) in [5.41, 5.74) is 2.12. The van der Waals surface area contributed by atoms with E-state index in [9.17, 15) is 0 Å². The van der Waals surface area contributed by atoms with E-state index in [-0.39, 0.29) is 5.41 Å². The first-order chi connectivity index (χ1) is 10.1. The number of hydrogen-bond donors (Lipinski definition) is 0. The van der Waals surface area contributed by atoms with Gasteiger partial charge in [-0.25, -0.2) is 9.97 Å². The van der Waals surface area contributed by atoms with Crippen LogP contribution in [0.1, 0.15) is 12.6 Å². The lowest BCUT2D eigenvalue weighted by Gasteiger charge is -2.41. The van der Waals surface area contributed by atoms with E-state index in [4.69, 9.17) is 4.74 Å². The second-order valence-corrected chi connectivity index (χ2v) is 6.09. The van der Waals surface area contributed by atoms with Crippen molar-refractivity contribution in [2.45, 2.75) is 13.8 Å². The molecular formula is C16H20N4O. The molecule has 0 amide bonds. The molecule has 3 heterocycles. The predicted molar refractivity (Wildman–Crippen MR) is 82.2 cm³/mol. The number of pyridine rings is 1. The van der Waals surface area contributed by atoms with Crippen LogP contribution in [0.3, 0.4) is 0 Å². The van der Waals surface area contributed by atoms with Crippen LogP contribution < -0.4 is 4.90 Å². The highest BCUT2D eigenvalue weighted by molar-refractivity contribution is 5.56. The summed E-state index contributed by atoms with van der Waals surface area (Å²) < 4.78 is 5.32. The molecule has 110 valence electrons. The number of ether oxygens (including phenoxy) is 1. The van der Waals surface area contributed by atoms with Crippen LogP contribution in [0.5, 0.6) is 0 Å². The average Bonchev–Trinajstić information content (AvgIpc) is 2.46. The Morgan fingerprint density at radius 3 is 2.76 bits per heavy atom. The Labute approximate surface area is 125 Å². The highest BCUT2D eigenvalue weighted by Crippen LogP contribution is 2.29. The van der Waals surface area contributed by atoms with E-state index in [1.54, 1.807) is 12.4 Å². The minimum Gasteiger partial charge on any atom is -0.380 e. The largest absolute Gasteiger partial charge is 0.380 e. The lowest BCUT2D eigenvalue weighted by Crippen LogP contribution is -2.48. The second kappa shape index (κ2) is 5.41. The van der Waals surface area contributed by atoms with Gasteiger partial charge in [-0.05, 0) is 19.1 Å². The third-order valence-electron chi connectivity index (χ3n) is 3.67. The SMILES string of the molecule is Cc1cc(N(C)CC2(C)COC2)nc(-c2cccnc2)n1. The molecule has 3 rings (SSSR count). The fourth-order valence-corrected chi connectivity index (χ4v) is 2.57. The van der Waals surface area contributed by atoms with Crippen LogP contribution in [-0.2, 0) is 4.74 Å². The number of hydrogen-bond acceptors (Lipinski definition) is 5. The fraction of sp³-hybridized carbons (Fsp3) is 0.438. The smallest absolute Gasteiger partial charge is 0.163 e. The van der Waals surface area contributed by atoms with Crippen molar-refractivity contribution in [1.82, 2.24) is 15.0 Å². The van der Waals surface area contributed by atoms with Crippen molar-refractivity contribution in [3.8, 4) is 11.4 Å². The zero-order valence-electron chi connectivity index (χ0n) is 12.7. The van der Waals surface area contributed by atoms with Gasteiger partial charge in [-0.3, -0.25) is 4.98 Å². The fourth-order valence-electron chi connectivity index (χ4n) is 2.57. The third-order valence-corrected chi connectivity index (χ3v) is 3.67. The van der Waals surface area contributed by atoms with Gasteiger partial charge >= 0.3 is 0 Å². The molecule has 1 fully saturated rings. The molecule has 21 heavy (non-hydrogen) atoms. The average molecular weight is 284 g/mol. The third kappa shape index (κ3) is 3.03. The molecule has 2 aromatic heterocycles. The molecule has 0 spiro atoms. The van der Waals surface area contributed by atoms with Crippen LogP contribution in [0.15, 0.2) is 30.6 Å². The van der Waals surface area contributed by atoms with Gasteiger partial charge in [-0.2, -0.15) is 0 Å².